The summed E-state index contributed by atoms with van der Waals surface area (Å²) in [6, 6.07) is 13.9. The molecular weight excluding hydrogens is 308 g/mol. The van der Waals surface area contributed by atoms with Crippen molar-refractivity contribution in [2.45, 2.75) is 13.8 Å². The molecule has 0 aliphatic rings. The Morgan fingerprint density at radius 3 is 2.43 bits per heavy atom. The Labute approximate surface area is 139 Å². The number of anilines is 2. The van der Waals surface area contributed by atoms with Crippen molar-refractivity contribution in [2.24, 2.45) is 0 Å². The van der Waals surface area contributed by atoms with Crippen molar-refractivity contribution in [2.75, 3.05) is 10.6 Å². The molecule has 2 N–H and O–H groups in total. The fourth-order valence-electron chi connectivity index (χ4n) is 2.35. The van der Waals surface area contributed by atoms with Gasteiger partial charge in [0, 0.05) is 11.4 Å². The van der Waals surface area contributed by atoms with Crippen LogP contribution in [-0.2, 0) is 0 Å². The molecule has 0 aliphatic carbocycles. The number of thiocarbonyl (C=S) groups is 1. The molecule has 0 atom stereocenters. The lowest BCUT2D eigenvalue weighted by Gasteiger charge is -2.12. The van der Waals surface area contributed by atoms with Gasteiger partial charge in [0.15, 0.2) is 5.11 Å². The Morgan fingerprint density at radius 2 is 1.74 bits per heavy atom. The Bertz CT molecular complexity index is 808. The minimum Gasteiger partial charge on any atom is -0.332 e. The molecule has 0 saturated heterocycles. The second-order valence-electron chi connectivity index (χ2n) is 5.26. The summed E-state index contributed by atoms with van der Waals surface area (Å²) in [5.41, 5.74) is 5.07. The van der Waals surface area contributed by atoms with Crippen LogP contribution in [-0.4, -0.2) is 25.3 Å². The predicted octanol–water partition coefficient (Wildman–Crippen LogP) is 3.09. The van der Waals surface area contributed by atoms with E-state index in [0.717, 1.165) is 17.1 Å². The van der Waals surface area contributed by atoms with Crippen molar-refractivity contribution in [3.8, 4) is 5.69 Å². The maximum atomic E-state index is 5.38. The fraction of sp³-hybridized carbons (Fsp3) is 0.125. The largest absolute Gasteiger partial charge is 0.332 e. The highest BCUT2D eigenvalue weighted by atomic mass is 32.1. The van der Waals surface area contributed by atoms with Gasteiger partial charge < -0.3 is 10.6 Å². The van der Waals surface area contributed by atoms with Gasteiger partial charge in [-0.3, -0.25) is 0 Å². The maximum Gasteiger partial charge on any atom is 0.175 e. The van der Waals surface area contributed by atoms with Crippen LogP contribution >= 0.6 is 12.2 Å². The summed E-state index contributed by atoms with van der Waals surface area (Å²) in [5, 5.41) is 18.0. The fourth-order valence-corrected chi connectivity index (χ4v) is 2.58. The van der Waals surface area contributed by atoms with Gasteiger partial charge in [0.05, 0.1) is 5.69 Å². The van der Waals surface area contributed by atoms with Gasteiger partial charge in [0.2, 0.25) is 0 Å². The second-order valence-corrected chi connectivity index (χ2v) is 5.67. The van der Waals surface area contributed by atoms with Crippen molar-refractivity contribution in [3.63, 3.8) is 0 Å². The monoisotopic (exact) mass is 324 g/mol. The number of nitrogens with one attached hydrogen (secondary N) is 2. The van der Waals surface area contributed by atoms with E-state index in [-0.39, 0.29) is 0 Å². The standard InChI is InChI=1S/C16H16N6S/c1-11-6-12(2)8-14(7-11)19-16(23)18-13-4-3-5-15(9-13)22-10-17-20-21-22/h3-10H,1-2H3,(H2,18,19,23). The molecule has 1 heterocycles. The van der Waals surface area contributed by atoms with Crippen LogP contribution in [0.5, 0.6) is 0 Å². The number of nitrogens with zero attached hydrogens (tertiary/aromatic N) is 4. The molecule has 0 unspecified atom stereocenters. The number of hydrogen-bond donors (Lipinski definition) is 2. The molecule has 6 nitrogen and oxygen atoms in total. The third-order valence-electron chi connectivity index (χ3n) is 3.20. The van der Waals surface area contributed by atoms with Gasteiger partial charge >= 0.3 is 0 Å². The Hall–Kier alpha value is -2.80. The molecule has 3 rings (SSSR count). The third-order valence-corrected chi connectivity index (χ3v) is 3.40. The van der Waals surface area contributed by atoms with Crippen molar-refractivity contribution < 1.29 is 0 Å². The van der Waals surface area contributed by atoms with Crippen LogP contribution in [0.4, 0.5) is 11.4 Å². The lowest BCUT2D eigenvalue weighted by molar-refractivity contribution is 0.789. The zero-order chi connectivity index (χ0) is 16.2. The van der Waals surface area contributed by atoms with Gasteiger partial charge in [-0.25, -0.2) is 4.68 Å². The minimum atomic E-state index is 0.531. The van der Waals surface area contributed by atoms with E-state index in [1.807, 2.05) is 24.3 Å². The van der Waals surface area contributed by atoms with Crippen molar-refractivity contribution >= 4 is 28.7 Å². The highest BCUT2D eigenvalue weighted by molar-refractivity contribution is 7.80. The summed E-state index contributed by atoms with van der Waals surface area (Å²) < 4.78 is 1.59. The first-order valence-electron chi connectivity index (χ1n) is 7.10. The van der Waals surface area contributed by atoms with E-state index in [1.54, 1.807) is 11.0 Å². The van der Waals surface area contributed by atoms with Gasteiger partial charge in [-0.05, 0) is 78.0 Å². The smallest absolute Gasteiger partial charge is 0.175 e. The predicted molar refractivity (Wildman–Crippen MR) is 94.9 cm³/mol. The van der Waals surface area contributed by atoms with Crippen LogP contribution in [0.1, 0.15) is 11.1 Å². The highest BCUT2D eigenvalue weighted by Gasteiger charge is 2.03. The third kappa shape index (κ3) is 3.89. The molecular formula is C16H16N6S. The van der Waals surface area contributed by atoms with E-state index < -0.39 is 0 Å². The van der Waals surface area contributed by atoms with E-state index in [0.29, 0.717) is 5.11 Å². The van der Waals surface area contributed by atoms with Gasteiger partial charge in [-0.15, -0.1) is 5.10 Å². The summed E-state index contributed by atoms with van der Waals surface area (Å²) >= 11 is 5.38. The second kappa shape index (κ2) is 6.53. The van der Waals surface area contributed by atoms with Gasteiger partial charge in [-0.1, -0.05) is 12.1 Å². The molecule has 0 fully saturated rings. The zero-order valence-corrected chi connectivity index (χ0v) is 13.6. The van der Waals surface area contributed by atoms with E-state index in [4.69, 9.17) is 12.2 Å². The topological polar surface area (TPSA) is 67.7 Å². The number of benzene rings is 2. The first-order chi connectivity index (χ1) is 11.1. The van der Waals surface area contributed by atoms with Crippen LogP contribution in [0.3, 0.4) is 0 Å². The van der Waals surface area contributed by atoms with Crippen molar-refractivity contribution in [3.05, 3.63) is 59.9 Å². The molecule has 7 heteroatoms. The molecule has 0 spiro atoms. The molecule has 0 saturated carbocycles. The molecule has 23 heavy (non-hydrogen) atoms. The molecule has 2 aromatic carbocycles. The lowest BCUT2D eigenvalue weighted by atomic mass is 10.1. The first-order valence-corrected chi connectivity index (χ1v) is 7.51. The maximum absolute atomic E-state index is 5.38. The number of aryl methyl sites for hydroxylation is 2. The Morgan fingerprint density at radius 1 is 1.00 bits per heavy atom. The molecule has 3 aromatic rings. The number of hydrogen-bond acceptors (Lipinski definition) is 4. The Balaban J connectivity index is 1.71. The highest BCUT2D eigenvalue weighted by Crippen LogP contribution is 2.16. The number of aromatic nitrogens is 4. The number of rotatable bonds is 3. The molecule has 0 aliphatic heterocycles. The van der Waals surface area contributed by atoms with Gasteiger partial charge in [-0.2, -0.15) is 0 Å². The normalized spacial score (nSPS) is 10.3. The first kappa shape index (κ1) is 15.1. The lowest BCUT2D eigenvalue weighted by Crippen LogP contribution is -2.19. The van der Waals surface area contributed by atoms with Crippen LogP contribution in [0, 0.1) is 13.8 Å². The number of tetrazole rings is 1. The van der Waals surface area contributed by atoms with E-state index in [9.17, 15) is 0 Å². The quantitative estimate of drug-likeness (QED) is 0.722. The molecule has 0 bridgehead atoms. The van der Waals surface area contributed by atoms with Crippen molar-refractivity contribution in [1.29, 1.82) is 0 Å². The summed E-state index contributed by atoms with van der Waals surface area (Å²) in [6.45, 7) is 4.12. The molecule has 116 valence electrons. The summed E-state index contributed by atoms with van der Waals surface area (Å²) in [4.78, 5) is 0. The van der Waals surface area contributed by atoms with Crippen LogP contribution in [0.25, 0.3) is 5.69 Å². The van der Waals surface area contributed by atoms with E-state index in [2.05, 4.69) is 58.2 Å². The van der Waals surface area contributed by atoms with Gasteiger partial charge in [0.1, 0.15) is 6.33 Å². The summed E-state index contributed by atoms with van der Waals surface area (Å²) in [6.07, 6.45) is 1.55. The Kier molecular flexibility index (Phi) is 4.29. The van der Waals surface area contributed by atoms with Crippen LogP contribution in [0.15, 0.2) is 48.8 Å². The summed E-state index contributed by atoms with van der Waals surface area (Å²) in [7, 11) is 0. The van der Waals surface area contributed by atoms with Crippen LogP contribution < -0.4 is 10.6 Å². The van der Waals surface area contributed by atoms with Crippen LogP contribution in [0.2, 0.25) is 0 Å². The SMILES string of the molecule is Cc1cc(C)cc(NC(=S)Nc2cccc(-n3cnnn3)c2)c1. The average molecular weight is 324 g/mol. The average Bonchev–Trinajstić information content (AvgIpc) is 3.00. The van der Waals surface area contributed by atoms with E-state index >= 15 is 0 Å². The molecule has 0 amide bonds. The molecule has 1 aromatic heterocycles. The van der Waals surface area contributed by atoms with Crippen molar-refractivity contribution in [1.82, 2.24) is 20.2 Å². The minimum absolute atomic E-state index is 0.531. The van der Waals surface area contributed by atoms with Gasteiger partial charge in [0.25, 0.3) is 0 Å². The van der Waals surface area contributed by atoms with E-state index in [1.165, 1.54) is 11.1 Å². The zero-order valence-electron chi connectivity index (χ0n) is 12.8. The molecule has 0 radical (unpaired) electrons. The summed E-state index contributed by atoms with van der Waals surface area (Å²) in [5.74, 6) is 0.